The van der Waals surface area contributed by atoms with Gasteiger partial charge in [0, 0.05) is 43.2 Å². The number of carbonyl (C=O) groups excluding carboxylic acids is 2. The molecule has 51 heavy (non-hydrogen) atoms. The Hall–Kier alpha value is -5.00. The van der Waals surface area contributed by atoms with Crippen LogP contribution in [0, 0.1) is 18.6 Å². The molecule has 1 aliphatic heterocycles. The first-order chi connectivity index (χ1) is 24.5. The number of amides is 1. The van der Waals surface area contributed by atoms with Gasteiger partial charge in [0.15, 0.2) is 17.4 Å². The highest BCUT2D eigenvalue weighted by Crippen LogP contribution is 2.22. The minimum atomic E-state index is -0.993. The Balaban J connectivity index is 1.04. The molecule has 0 atom stereocenters. The number of piperidine rings is 1. The third-order valence-corrected chi connectivity index (χ3v) is 9.76. The van der Waals surface area contributed by atoms with Crippen molar-refractivity contribution in [2.24, 2.45) is 7.05 Å². The number of allylic oxidation sites excluding steroid dienone is 1. The van der Waals surface area contributed by atoms with Gasteiger partial charge in [0.05, 0.1) is 22.6 Å². The van der Waals surface area contributed by atoms with Gasteiger partial charge in [0.1, 0.15) is 11.4 Å². The van der Waals surface area contributed by atoms with Crippen LogP contribution in [-0.4, -0.2) is 62.1 Å². The molecule has 1 fully saturated rings. The summed E-state index contributed by atoms with van der Waals surface area (Å²) in [5.41, 5.74) is 3.61. The average molecular weight is 713 g/mol. The van der Waals surface area contributed by atoms with E-state index in [1.165, 1.54) is 10.7 Å². The van der Waals surface area contributed by atoms with Crippen LogP contribution in [0.2, 0.25) is 5.02 Å². The summed E-state index contributed by atoms with van der Waals surface area (Å²) in [7, 11) is 3.74. The van der Waals surface area contributed by atoms with E-state index >= 15 is 0 Å². The summed E-state index contributed by atoms with van der Waals surface area (Å²) in [5, 5.41) is 4.36. The highest BCUT2D eigenvalue weighted by molar-refractivity contribution is 6.33. The maximum absolute atomic E-state index is 13.7. The summed E-state index contributed by atoms with van der Waals surface area (Å²) in [6.45, 7) is 3.62. The molecule has 0 saturated carbocycles. The molecular weight excluding hydrogens is 674 g/mol. The SMILES string of the molecule is Cc1c(C(=O)CC/C=C/c2ccc3nc(Cc4ccc(C(=O)NC5CCN(C)CC5)c(Cl)c4)ncc3c2)c(=O)n(Cc2ccc(F)c(F)c2)n1C. The number of likely N-dealkylation sites (tertiary alicyclic amines) is 1. The molecule has 6 rings (SSSR count). The van der Waals surface area contributed by atoms with Crippen LogP contribution < -0.4 is 10.9 Å². The number of ketones is 1. The molecule has 3 aromatic carbocycles. The summed E-state index contributed by atoms with van der Waals surface area (Å²) in [5.74, 6) is -1.77. The standard InChI is InChI=1S/C39H39ClF2N6O3/c1-24-37(39(51)48(47(24)3)23-27-9-12-32(41)33(42)20-27)35(49)7-5-4-6-25-10-13-34-28(18-25)22-43-36(45-34)21-26-8-11-30(31(40)19-26)38(50)44-29-14-16-46(2)17-15-29/h4,6,8-13,18-20,22,29H,5,7,14-17,21,23H2,1-3H3,(H,44,50)/b6-4+. The Kier molecular flexibility index (Phi) is 10.9. The minimum Gasteiger partial charge on any atom is -0.349 e. The number of hydrogen-bond acceptors (Lipinski definition) is 6. The van der Waals surface area contributed by atoms with Crippen molar-refractivity contribution in [3.8, 4) is 0 Å². The van der Waals surface area contributed by atoms with Gasteiger partial charge in [-0.15, -0.1) is 0 Å². The van der Waals surface area contributed by atoms with Crippen molar-refractivity contribution in [3.63, 3.8) is 0 Å². The number of fused-ring (bicyclic) bond motifs is 1. The molecule has 12 heteroatoms. The second kappa shape index (κ2) is 15.5. The number of halogens is 3. The highest BCUT2D eigenvalue weighted by atomic mass is 35.5. The van der Waals surface area contributed by atoms with Gasteiger partial charge in [-0.3, -0.25) is 19.1 Å². The van der Waals surface area contributed by atoms with Crippen LogP contribution in [0.3, 0.4) is 0 Å². The lowest BCUT2D eigenvalue weighted by Gasteiger charge is -2.29. The van der Waals surface area contributed by atoms with E-state index in [1.54, 1.807) is 37.0 Å². The Bertz CT molecular complexity index is 2200. The van der Waals surface area contributed by atoms with Crippen LogP contribution in [0.15, 0.2) is 71.7 Å². The summed E-state index contributed by atoms with van der Waals surface area (Å²) in [6.07, 6.45) is 8.42. The number of rotatable bonds is 11. The Morgan fingerprint density at radius 1 is 1.00 bits per heavy atom. The van der Waals surface area contributed by atoms with E-state index in [4.69, 9.17) is 16.6 Å². The van der Waals surface area contributed by atoms with Crippen LogP contribution in [-0.2, 0) is 20.0 Å². The van der Waals surface area contributed by atoms with Crippen molar-refractivity contribution in [1.82, 2.24) is 29.5 Å². The molecule has 0 unspecified atom stereocenters. The topological polar surface area (TPSA) is 102 Å². The number of benzene rings is 3. The molecule has 1 amide bonds. The van der Waals surface area contributed by atoms with Crippen molar-refractivity contribution >= 4 is 40.3 Å². The molecule has 1 aliphatic rings. The Morgan fingerprint density at radius 2 is 1.76 bits per heavy atom. The number of hydrogen-bond donors (Lipinski definition) is 1. The van der Waals surface area contributed by atoms with Gasteiger partial charge in [-0.1, -0.05) is 42.0 Å². The molecule has 0 aliphatic carbocycles. The van der Waals surface area contributed by atoms with Crippen LogP contribution in [0.5, 0.6) is 0 Å². The first kappa shape index (κ1) is 35.8. The maximum Gasteiger partial charge on any atom is 0.278 e. The summed E-state index contributed by atoms with van der Waals surface area (Å²) < 4.78 is 30.0. The van der Waals surface area contributed by atoms with Crippen LogP contribution in [0.25, 0.3) is 17.0 Å². The Morgan fingerprint density at radius 3 is 2.51 bits per heavy atom. The lowest BCUT2D eigenvalue weighted by molar-refractivity contribution is 0.0916. The molecule has 0 spiro atoms. The van der Waals surface area contributed by atoms with E-state index in [-0.39, 0.29) is 36.3 Å². The summed E-state index contributed by atoms with van der Waals surface area (Å²) in [6, 6.07) is 14.9. The zero-order chi connectivity index (χ0) is 36.2. The van der Waals surface area contributed by atoms with Gasteiger partial charge < -0.3 is 10.2 Å². The maximum atomic E-state index is 13.7. The lowest BCUT2D eigenvalue weighted by Crippen LogP contribution is -2.43. The van der Waals surface area contributed by atoms with Gasteiger partial charge >= 0.3 is 0 Å². The van der Waals surface area contributed by atoms with E-state index in [0.29, 0.717) is 40.5 Å². The first-order valence-corrected chi connectivity index (χ1v) is 17.3. The molecule has 9 nitrogen and oxygen atoms in total. The third-order valence-electron chi connectivity index (χ3n) is 9.45. The number of aromatic nitrogens is 4. The summed E-state index contributed by atoms with van der Waals surface area (Å²) >= 11 is 6.53. The van der Waals surface area contributed by atoms with E-state index in [1.807, 2.05) is 36.4 Å². The molecule has 1 N–H and O–H groups in total. The van der Waals surface area contributed by atoms with Crippen LogP contribution >= 0.6 is 11.6 Å². The molecule has 0 bridgehead atoms. The van der Waals surface area contributed by atoms with Gasteiger partial charge in [0.2, 0.25) is 0 Å². The van der Waals surface area contributed by atoms with Crippen molar-refractivity contribution < 1.29 is 18.4 Å². The fourth-order valence-corrected chi connectivity index (χ4v) is 6.65. The second-order valence-corrected chi connectivity index (χ2v) is 13.5. The quantitative estimate of drug-likeness (QED) is 0.157. The first-order valence-electron chi connectivity index (χ1n) is 16.9. The van der Waals surface area contributed by atoms with Crippen molar-refractivity contribution in [1.29, 1.82) is 0 Å². The fourth-order valence-electron chi connectivity index (χ4n) is 6.36. The van der Waals surface area contributed by atoms with Crippen LogP contribution in [0.4, 0.5) is 8.78 Å². The van der Waals surface area contributed by atoms with Gasteiger partial charge in [-0.2, -0.15) is 0 Å². The van der Waals surface area contributed by atoms with E-state index in [9.17, 15) is 23.2 Å². The molecule has 0 radical (unpaired) electrons. The molecule has 5 aromatic rings. The smallest absolute Gasteiger partial charge is 0.278 e. The molecule has 3 heterocycles. The Labute approximate surface area is 299 Å². The van der Waals surface area contributed by atoms with E-state index in [0.717, 1.165) is 60.1 Å². The van der Waals surface area contributed by atoms with Crippen molar-refractivity contribution in [3.05, 3.63) is 133 Å². The average Bonchev–Trinajstić information content (AvgIpc) is 3.31. The lowest BCUT2D eigenvalue weighted by atomic mass is 10.0. The molecular formula is C39H39ClF2N6O3. The predicted octanol–water partition coefficient (Wildman–Crippen LogP) is 6.51. The van der Waals surface area contributed by atoms with Crippen molar-refractivity contribution in [2.75, 3.05) is 20.1 Å². The normalized spacial score (nSPS) is 14.1. The number of Topliss-reactive ketones (excluding diaryl/α,β-unsaturated/α-hetero) is 1. The van der Waals surface area contributed by atoms with Gasteiger partial charge in [-0.05, 0) is 99.4 Å². The highest BCUT2D eigenvalue weighted by Gasteiger charge is 2.22. The zero-order valence-corrected chi connectivity index (χ0v) is 29.5. The molecule has 2 aromatic heterocycles. The van der Waals surface area contributed by atoms with Gasteiger partial charge in [0.25, 0.3) is 11.5 Å². The monoisotopic (exact) mass is 712 g/mol. The molecule has 264 valence electrons. The van der Waals surface area contributed by atoms with Gasteiger partial charge in [-0.25, -0.2) is 23.4 Å². The predicted molar refractivity (Wildman–Crippen MR) is 194 cm³/mol. The third kappa shape index (κ3) is 8.32. The zero-order valence-electron chi connectivity index (χ0n) is 28.8. The number of nitrogens with zero attached hydrogens (tertiary/aromatic N) is 5. The van der Waals surface area contributed by atoms with E-state index < -0.39 is 17.2 Å². The number of carbonyl (C=O) groups is 2. The van der Waals surface area contributed by atoms with Crippen molar-refractivity contribution in [2.45, 2.75) is 51.6 Å². The largest absolute Gasteiger partial charge is 0.349 e. The van der Waals surface area contributed by atoms with Crippen LogP contribution in [0.1, 0.15) is 74.6 Å². The second-order valence-electron chi connectivity index (χ2n) is 13.1. The number of nitrogens with one attached hydrogen (secondary N) is 1. The minimum absolute atomic E-state index is 0.00807. The molecule has 1 saturated heterocycles. The summed E-state index contributed by atoms with van der Waals surface area (Å²) in [4.78, 5) is 50.6. The van der Waals surface area contributed by atoms with E-state index in [2.05, 4.69) is 22.2 Å². The fraction of sp³-hybridized carbons (Fsp3) is 0.308.